The summed E-state index contributed by atoms with van der Waals surface area (Å²) in [7, 11) is 0. The third-order valence-corrected chi connectivity index (χ3v) is 10.9. The van der Waals surface area contributed by atoms with Gasteiger partial charge in [0.05, 0.1) is 22.9 Å². The number of piperidine rings is 1. The first-order valence-electron chi connectivity index (χ1n) is 18.5. The van der Waals surface area contributed by atoms with Crippen molar-refractivity contribution in [1.82, 2.24) is 40.7 Å². The van der Waals surface area contributed by atoms with Gasteiger partial charge in [-0.1, -0.05) is 25.1 Å². The van der Waals surface area contributed by atoms with Crippen LogP contribution in [0.4, 0.5) is 5.69 Å². The number of benzene rings is 1. The van der Waals surface area contributed by atoms with E-state index in [1.165, 1.54) is 0 Å². The van der Waals surface area contributed by atoms with Crippen LogP contribution in [0.1, 0.15) is 76.2 Å². The Morgan fingerprint density at radius 2 is 1.72 bits per heavy atom. The molecule has 4 N–H and O–H groups in total. The number of piperazine rings is 1. The van der Waals surface area contributed by atoms with Crippen LogP contribution in [0.15, 0.2) is 65.7 Å². The molecule has 0 spiro atoms. The normalized spacial score (nSPS) is 23.2. The highest BCUT2D eigenvalue weighted by Gasteiger charge is 2.47. The molecular formula is C39H41N9O6. The molecule has 0 bridgehead atoms. The third-order valence-electron chi connectivity index (χ3n) is 10.9. The van der Waals surface area contributed by atoms with Crippen molar-refractivity contribution in [3.05, 3.63) is 99.2 Å². The minimum absolute atomic E-state index is 0.0450. The lowest BCUT2D eigenvalue weighted by atomic mass is 9.84. The van der Waals surface area contributed by atoms with Crippen molar-refractivity contribution < 1.29 is 24.0 Å². The van der Waals surface area contributed by atoms with Crippen molar-refractivity contribution in [2.75, 3.05) is 31.1 Å². The van der Waals surface area contributed by atoms with Gasteiger partial charge in [0.15, 0.2) is 0 Å². The fourth-order valence-electron chi connectivity index (χ4n) is 7.84. The lowest BCUT2D eigenvalue weighted by Crippen LogP contribution is -2.62. The summed E-state index contributed by atoms with van der Waals surface area (Å²) in [4.78, 5) is 94.4. The van der Waals surface area contributed by atoms with Crippen molar-refractivity contribution in [2.45, 2.75) is 69.7 Å². The maximum Gasteiger partial charge on any atom is 0.270 e. The molecule has 1 aliphatic carbocycles. The van der Waals surface area contributed by atoms with E-state index >= 15 is 0 Å². The second-order valence-electron chi connectivity index (χ2n) is 14.4. The zero-order valence-electron chi connectivity index (χ0n) is 29.8. The van der Waals surface area contributed by atoms with Gasteiger partial charge >= 0.3 is 0 Å². The zero-order valence-corrected chi connectivity index (χ0v) is 29.8. The van der Waals surface area contributed by atoms with Crippen LogP contribution in [0.3, 0.4) is 0 Å². The van der Waals surface area contributed by atoms with E-state index < -0.39 is 35.7 Å². The number of aryl methyl sites for hydroxylation is 1. The Morgan fingerprint density at radius 1 is 0.926 bits per heavy atom. The van der Waals surface area contributed by atoms with Crippen LogP contribution in [0.5, 0.6) is 0 Å². The highest BCUT2D eigenvalue weighted by molar-refractivity contribution is 6.15. The molecule has 15 heteroatoms. The maximum atomic E-state index is 13.7. The maximum absolute atomic E-state index is 13.7. The number of amides is 5. The van der Waals surface area contributed by atoms with Crippen LogP contribution in [-0.2, 0) is 27.3 Å². The number of nitrogens with one attached hydrogen (secondary N) is 4. The number of carbonyl (C=O) groups is 5. The average molecular weight is 732 g/mol. The molecule has 3 aliphatic heterocycles. The molecule has 54 heavy (non-hydrogen) atoms. The molecule has 2 saturated heterocycles. The van der Waals surface area contributed by atoms with Gasteiger partial charge in [0.2, 0.25) is 11.8 Å². The van der Waals surface area contributed by atoms with E-state index in [-0.39, 0.29) is 36.4 Å². The van der Waals surface area contributed by atoms with Crippen LogP contribution in [0.25, 0.3) is 11.0 Å². The van der Waals surface area contributed by atoms with Gasteiger partial charge < -0.3 is 15.2 Å². The summed E-state index contributed by atoms with van der Waals surface area (Å²) >= 11 is 0. The molecule has 1 saturated carbocycles. The van der Waals surface area contributed by atoms with Gasteiger partial charge in [-0.2, -0.15) is 0 Å². The number of anilines is 1. The van der Waals surface area contributed by atoms with Gasteiger partial charge in [-0.05, 0) is 67.1 Å². The largest absolute Gasteiger partial charge is 0.368 e. The molecule has 5 amide bonds. The van der Waals surface area contributed by atoms with E-state index in [9.17, 15) is 28.8 Å². The standard InChI is InChI=1S/C39H41N9O6/c1-2-23-16-30-31(44-35(23)50)15-22(19-40-30)21-46-11-13-47(14-12-46)26-7-8-29(41-20-26)36(51)43-25-17-24(18-25)42-34-27-5-3-4-6-28(27)38(53)48(39(34)54)32-9-10-33(49)45-37(32)52/h3-8,15-16,19-20,24-25,32,34,42H,2,9-14,17-18,21H2,1H3,(H,43,51)(H,44,50)(H,45,49,52)/t24?,25?,32-,34?/m1/s1. The summed E-state index contributed by atoms with van der Waals surface area (Å²) in [5, 5.41) is 8.63. The summed E-state index contributed by atoms with van der Waals surface area (Å²) in [5.41, 5.74) is 5.38. The number of hydrogen-bond acceptors (Lipinski definition) is 11. The Bertz CT molecular complexity index is 2210. The predicted molar refractivity (Wildman–Crippen MR) is 197 cm³/mol. The summed E-state index contributed by atoms with van der Waals surface area (Å²) in [6.07, 6.45) is 5.53. The Labute approximate surface area is 310 Å². The number of pyridine rings is 3. The van der Waals surface area contributed by atoms with Crippen LogP contribution >= 0.6 is 0 Å². The second-order valence-corrected chi connectivity index (χ2v) is 14.4. The summed E-state index contributed by atoms with van der Waals surface area (Å²) < 4.78 is 0. The van der Waals surface area contributed by atoms with Crippen molar-refractivity contribution in [3.8, 4) is 0 Å². The van der Waals surface area contributed by atoms with Crippen LogP contribution in [0, 0.1) is 0 Å². The molecule has 6 heterocycles. The summed E-state index contributed by atoms with van der Waals surface area (Å²) in [6.45, 7) is 5.96. The lowest BCUT2D eigenvalue weighted by molar-refractivity contribution is -0.145. The van der Waals surface area contributed by atoms with Crippen LogP contribution in [-0.4, -0.2) is 98.6 Å². The van der Waals surface area contributed by atoms with Crippen molar-refractivity contribution >= 4 is 46.3 Å². The van der Waals surface area contributed by atoms with E-state index in [1.54, 1.807) is 36.5 Å². The van der Waals surface area contributed by atoms with Gasteiger partial charge in [0.25, 0.3) is 23.3 Å². The Kier molecular flexibility index (Phi) is 9.50. The molecule has 4 aromatic rings. The fourth-order valence-corrected chi connectivity index (χ4v) is 7.84. The molecule has 4 aliphatic rings. The smallest absolute Gasteiger partial charge is 0.270 e. The monoisotopic (exact) mass is 731 g/mol. The number of rotatable bonds is 9. The average Bonchev–Trinajstić information content (AvgIpc) is 3.16. The fraction of sp³-hybridized carbons (Fsp3) is 0.385. The Hall–Kier alpha value is -5.80. The number of imide groups is 2. The zero-order chi connectivity index (χ0) is 37.5. The molecule has 3 aromatic heterocycles. The molecule has 8 rings (SSSR count). The SMILES string of the molecule is CCc1cc2ncc(CN3CCN(c4ccc(C(=O)NC5CC(NC6C(=O)N([C@@H]7CCC(=O)NC7=O)C(=O)c7ccccc76)C5)nc4)CC3)cc2[nH]c1=O. The molecule has 0 radical (unpaired) electrons. The van der Waals surface area contributed by atoms with E-state index in [4.69, 9.17) is 0 Å². The van der Waals surface area contributed by atoms with Gasteiger partial charge in [-0.15, -0.1) is 0 Å². The number of aromatic amines is 1. The molecule has 278 valence electrons. The van der Waals surface area contributed by atoms with Gasteiger partial charge in [0, 0.05) is 68.6 Å². The van der Waals surface area contributed by atoms with Crippen molar-refractivity contribution in [3.63, 3.8) is 0 Å². The molecular weight excluding hydrogens is 690 g/mol. The van der Waals surface area contributed by atoms with Gasteiger partial charge in [0.1, 0.15) is 17.8 Å². The van der Waals surface area contributed by atoms with Crippen LogP contribution < -0.4 is 26.4 Å². The van der Waals surface area contributed by atoms with Crippen LogP contribution in [0.2, 0.25) is 0 Å². The van der Waals surface area contributed by atoms with E-state index in [0.29, 0.717) is 36.1 Å². The predicted octanol–water partition coefficient (Wildman–Crippen LogP) is 1.58. The minimum Gasteiger partial charge on any atom is -0.368 e. The molecule has 2 atom stereocenters. The Balaban J connectivity index is 0.823. The first-order valence-corrected chi connectivity index (χ1v) is 18.5. The van der Waals surface area contributed by atoms with E-state index in [1.807, 2.05) is 31.3 Å². The first kappa shape index (κ1) is 35.2. The number of fused-ring (bicyclic) bond motifs is 2. The number of carbonyl (C=O) groups excluding carboxylic acids is 5. The molecule has 3 fully saturated rings. The molecule has 1 unspecified atom stereocenters. The van der Waals surface area contributed by atoms with E-state index in [2.05, 4.69) is 40.7 Å². The first-order chi connectivity index (χ1) is 26.1. The highest BCUT2D eigenvalue weighted by Crippen LogP contribution is 2.33. The molecule has 1 aromatic carbocycles. The summed E-state index contributed by atoms with van der Waals surface area (Å²) in [5.74, 6) is -2.44. The highest BCUT2D eigenvalue weighted by atomic mass is 16.2. The minimum atomic E-state index is -1.06. The number of H-pyrrole nitrogens is 1. The summed E-state index contributed by atoms with van der Waals surface area (Å²) in [6, 6.07) is 12.2. The third kappa shape index (κ3) is 6.87. The van der Waals surface area contributed by atoms with Gasteiger partial charge in [-0.25, -0.2) is 4.98 Å². The Morgan fingerprint density at radius 3 is 2.46 bits per heavy atom. The topological polar surface area (TPSA) is 190 Å². The van der Waals surface area contributed by atoms with Crippen molar-refractivity contribution in [2.24, 2.45) is 0 Å². The number of aromatic nitrogens is 3. The number of hydrogen-bond donors (Lipinski definition) is 4. The lowest BCUT2D eigenvalue weighted by Gasteiger charge is -2.42. The van der Waals surface area contributed by atoms with E-state index in [0.717, 1.165) is 65.5 Å². The quantitative estimate of drug-likeness (QED) is 0.183. The molecule has 15 nitrogen and oxygen atoms in total. The number of nitrogens with zero attached hydrogens (tertiary/aromatic N) is 5. The van der Waals surface area contributed by atoms with Crippen molar-refractivity contribution in [1.29, 1.82) is 0 Å². The second kappa shape index (κ2) is 14.6. The van der Waals surface area contributed by atoms with Gasteiger partial charge in [-0.3, -0.25) is 54.2 Å².